The summed E-state index contributed by atoms with van der Waals surface area (Å²) in [6.45, 7) is 9.55. The maximum Gasteiger partial charge on any atom is 0.303 e. The summed E-state index contributed by atoms with van der Waals surface area (Å²) in [6, 6.07) is 0. The SMILES string of the molecule is CCCCO[C@H]1C[C@@H](OCCCC)[C@@H](O[C@@H](C)CCC(=O)O)OC1C. The molecule has 1 unspecified atom stereocenters. The first-order chi connectivity index (χ1) is 12.0. The Labute approximate surface area is 152 Å². The molecule has 1 aliphatic heterocycles. The van der Waals surface area contributed by atoms with Crippen molar-refractivity contribution in [2.75, 3.05) is 13.2 Å². The Morgan fingerprint density at radius 2 is 1.76 bits per heavy atom. The van der Waals surface area contributed by atoms with Crippen LogP contribution in [-0.4, -0.2) is 55.0 Å². The number of carbonyl (C=O) groups is 1. The van der Waals surface area contributed by atoms with E-state index in [4.69, 9.17) is 24.1 Å². The smallest absolute Gasteiger partial charge is 0.303 e. The summed E-state index contributed by atoms with van der Waals surface area (Å²) < 4.78 is 24.0. The Morgan fingerprint density at radius 3 is 2.32 bits per heavy atom. The third-order valence-corrected chi connectivity index (χ3v) is 4.43. The largest absolute Gasteiger partial charge is 0.481 e. The number of hydrogen-bond acceptors (Lipinski definition) is 5. The molecule has 6 nitrogen and oxygen atoms in total. The molecule has 1 N–H and O–H groups in total. The number of hydrogen-bond donors (Lipinski definition) is 1. The monoisotopic (exact) mass is 360 g/mol. The summed E-state index contributed by atoms with van der Waals surface area (Å²) in [5.74, 6) is -0.812. The van der Waals surface area contributed by atoms with E-state index in [2.05, 4.69) is 13.8 Å². The summed E-state index contributed by atoms with van der Waals surface area (Å²) in [5, 5.41) is 8.81. The molecule has 1 fully saturated rings. The van der Waals surface area contributed by atoms with Gasteiger partial charge in [-0.05, 0) is 33.1 Å². The molecule has 0 aliphatic carbocycles. The number of carboxylic acid groups (broad SMARTS) is 1. The highest BCUT2D eigenvalue weighted by atomic mass is 16.7. The van der Waals surface area contributed by atoms with Gasteiger partial charge >= 0.3 is 5.97 Å². The summed E-state index contributed by atoms with van der Waals surface area (Å²) in [7, 11) is 0. The molecule has 0 aromatic carbocycles. The second kappa shape index (κ2) is 12.6. The Kier molecular flexibility index (Phi) is 11.3. The highest BCUT2D eigenvalue weighted by Crippen LogP contribution is 2.27. The van der Waals surface area contributed by atoms with Crippen LogP contribution in [0.1, 0.15) is 72.6 Å². The van der Waals surface area contributed by atoms with Gasteiger partial charge in [0.1, 0.15) is 6.10 Å². The lowest BCUT2D eigenvalue weighted by Gasteiger charge is -2.40. The van der Waals surface area contributed by atoms with E-state index in [1.165, 1.54) is 0 Å². The lowest BCUT2D eigenvalue weighted by atomic mass is 10.0. The number of rotatable bonds is 13. The topological polar surface area (TPSA) is 74.2 Å². The summed E-state index contributed by atoms with van der Waals surface area (Å²) in [6.07, 6.45) is 4.59. The van der Waals surface area contributed by atoms with Crippen molar-refractivity contribution in [1.29, 1.82) is 0 Å². The van der Waals surface area contributed by atoms with Crippen molar-refractivity contribution in [2.45, 2.75) is 103 Å². The maximum atomic E-state index is 10.7. The highest BCUT2D eigenvalue weighted by Gasteiger charge is 2.38. The van der Waals surface area contributed by atoms with E-state index in [-0.39, 0.29) is 30.8 Å². The van der Waals surface area contributed by atoms with Crippen LogP contribution in [0.25, 0.3) is 0 Å². The van der Waals surface area contributed by atoms with Crippen molar-refractivity contribution in [1.82, 2.24) is 0 Å². The Balaban J connectivity index is 2.58. The van der Waals surface area contributed by atoms with Crippen LogP contribution >= 0.6 is 0 Å². The zero-order valence-corrected chi connectivity index (χ0v) is 16.2. The van der Waals surface area contributed by atoms with Gasteiger partial charge < -0.3 is 24.1 Å². The van der Waals surface area contributed by atoms with Crippen molar-refractivity contribution < 1.29 is 28.8 Å². The minimum absolute atomic E-state index is 0.00681. The molecule has 1 heterocycles. The van der Waals surface area contributed by atoms with Crippen molar-refractivity contribution in [3.05, 3.63) is 0 Å². The van der Waals surface area contributed by atoms with Crippen molar-refractivity contribution in [3.8, 4) is 0 Å². The van der Waals surface area contributed by atoms with Gasteiger partial charge in [-0.3, -0.25) is 4.79 Å². The van der Waals surface area contributed by atoms with E-state index in [9.17, 15) is 4.79 Å². The van der Waals surface area contributed by atoms with Gasteiger partial charge in [0.25, 0.3) is 0 Å². The standard InChI is InChI=1S/C19H36O6/c1-5-7-11-22-16-13-17(23-12-8-6-2)19(25-15(16)4)24-14(3)9-10-18(20)21/h14-17,19H,5-13H2,1-4H3,(H,20,21)/t14-,15?,16-,17+,19-/m0/s1. The molecular weight excluding hydrogens is 324 g/mol. The zero-order chi connectivity index (χ0) is 18.7. The van der Waals surface area contributed by atoms with Crippen LogP contribution in [-0.2, 0) is 23.7 Å². The lowest BCUT2D eigenvalue weighted by molar-refractivity contribution is -0.287. The van der Waals surface area contributed by atoms with E-state index in [0.29, 0.717) is 13.0 Å². The first-order valence-corrected chi connectivity index (χ1v) is 9.73. The van der Waals surface area contributed by atoms with Gasteiger partial charge in [0, 0.05) is 26.1 Å². The quantitative estimate of drug-likeness (QED) is 0.504. The number of unbranched alkanes of at least 4 members (excludes halogenated alkanes) is 2. The van der Waals surface area contributed by atoms with Crippen molar-refractivity contribution in [3.63, 3.8) is 0 Å². The molecule has 5 atom stereocenters. The summed E-state index contributed by atoms with van der Waals surface area (Å²) in [5.41, 5.74) is 0. The van der Waals surface area contributed by atoms with Crippen LogP contribution in [0.3, 0.4) is 0 Å². The average molecular weight is 360 g/mol. The van der Waals surface area contributed by atoms with Crippen molar-refractivity contribution >= 4 is 5.97 Å². The van der Waals surface area contributed by atoms with Crippen molar-refractivity contribution in [2.24, 2.45) is 0 Å². The van der Waals surface area contributed by atoms with E-state index in [1.807, 2.05) is 13.8 Å². The second-order valence-corrected chi connectivity index (χ2v) is 6.85. The summed E-state index contributed by atoms with van der Waals surface area (Å²) in [4.78, 5) is 10.7. The number of aliphatic carboxylic acids is 1. The molecule has 0 aromatic heterocycles. The van der Waals surface area contributed by atoms with E-state index < -0.39 is 12.3 Å². The van der Waals surface area contributed by atoms with Gasteiger partial charge in [-0.2, -0.15) is 0 Å². The van der Waals surface area contributed by atoms with Crippen LogP contribution in [0.5, 0.6) is 0 Å². The molecule has 0 bridgehead atoms. The molecule has 148 valence electrons. The van der Waals surface area contributed by atoms with Gasteiger partial charge in [0.2, 0.25) is 0 Å². The zero-order valence-electron chi connectivity index (χ0n) is 16.2. The first-order valence-electron chi connectivity index (χ1n) is 9.73. The van der Waals surface area contributed by atoms with Crippen LogP contribution in [0.2, 0.25) is 0 Å². The van der Waals surface area contributed by atoms with Gasteiger partial charge in [-0.1, -0.05) is 26.7 Å². The molecule has 6 heteroatoms. The molecule has 0 amide bonds. The van der Waals surface area contributed by atoms with Crippen LogP contribution in [0.15, 0.2) is 0 Å². The normalized spacial score (nSPS) is 28.0. The highest BCUT2D eigenvalue weighted by molar-refractivity contribution is 5.66. The Hall–Kier alpha value is -0.690. The molecular formula is C19H36O6. The number of ether oxygens (including phenoxy) is 4. The predicted octanol–water partition coefficient (Wildman–Crippen LogP) is 3.76. The van der Waals surface area contributed by atoms with Crippen LogP contribution in [0.4, 0.5) is 0 Å². The third kappa shape index (κ3) is 8.99. The first kappa shape index (κ1) is 22.4. The van der Waals surface area contributed by atoms with Gasteiger partial charge in [0.15, 0.2) is 6.29 Å². The van der Waals surface area contributed by atoms with E-state index >= 15 is 0 Å². The molecule has 0 aromatic rings. The molecule has 0 saturated carbocycles. The predicted molar refractivity (Wildman–Crippen MR) is 95.7 cm³/mol. The maximum absolute atomic E-state index is 10.7. The molecule has 0 radical (unpaired) electrons. The summed E-state index contributed by atoms with van der Waals surface area (Å²) >= 11 is 0. The Morgan fingerprint density at radius 1 is 1.16 bits per heavy atom. The van der Waals surface area contributed by atoms with E-state index in [1.54, 1.807) is 0 Å². The fourth-order valence-electron chi connectivity index (χ4n) is 2.77. The fraction of sp³-hybridized carbons (Fsp3) is 0.947. The van der Waals surface area contributed by atoms with Gasteiger partial charge in [0.05, 0.1) is 18.3 Å². The van der Waals surface area contributed by atoms with Crippen LogP contribution < -0.4 is 0 Å². The molecule has 1 saturated heterocycles. The van der Waals surface area contributed by atoms with Gasteiger partial charge in [-0.15, -0.1) is 0 Å². The minimum atomic E-state index is -0.812. The third-order valence-electron chi connectivity index (χ3n) is 4.43. The van der Waals surface area contributed by atoms with E-state index in [0.717, 1.165) is 38.7 Å². The second-order valence-electron chi connectivity index (χ2n) is 6.85. The molecule has 1 rings (SSSR count). The fourth-order valence-corrected chi connectivity index (χ4v) is 2.77. The van der Waals surface area contributed by atoms with Crippen LogP contribution in [0, 0.1) is 0 Å². The Bertz CT molecular complexity index is 362. The molecule has 25 heavy (non-hydrogen) atoms. The molecule has 1 aliphatic rings. The minimum Gasteiger partial charge on any atom is -0.481 e. The van der Waals surface area contributed by atoms with Gasteiger partial charge in [-0.25, -0.2) is 0 Å². The lowest BCUT2D eigenvalue weighted by Crippen LogP contribution is -2.50. The molecule has 0 spiro atoms. The average Bonchev–Trinajstić information content (AvgIpc) is 2.56. The number of carboxylic acids is 1.